The Balaban J connectivity index is 1.63. The van der Waals surface area contributed by atoms with Gasteiger partial charge >= 0.3 is 5.97 Å². The van der Waals surface area contributed by atoms with Crippen LogP contribution in [0.3, 0.4) is 0 Å². The predicted molar refractivity (Wildman–Crippen MR) is 82.7 cm³/mol. The molecule has 7 heteroatoms. The molecule has 0 aromatic heterocycles. The van der Waals surface area contributed by atoms with Crippen LogP contribution in [0.4, 0.5) is 5.69 Å². The van der Waals surface area contributed by atoms with E-state index in [1.165, 1.54) is 0 Å². The Morgan fingerprint density at radius 3 is 2.78 bits per heavy atom. The first-order chi connectivity index (χ1) is 11.2. The van der Waals surface area contributed by atoms with Crippen LogP contribution in [0, 0.1) is 0 Å². The van der Waals surface area contributed by atoms with Crippen LogP contribution >= 0.6 is 0 Å². The summed E-state index contributed by atoms with van der Waals surface area (Å²) >= 11 is 0. The van der Waals surface area contributed by atoms with Gasteiger partial charge < -0.3 is 19.5 Å². The number of anilines is 1. The number of nitrogens with one attached hydrogen (secondary N) is 1. The Labute approximate surface area is 134 Å². The zero-order chi connectivity index (χ0) is 16.2. The smallest absolute Gasteiger partial charge is 0.323 e. The summed E-state index contributed by atoms with van der Waals surface area (Å²) in [5.41, 5.74) is 0.617. The van der Waals surface area contributed by atoms with Crippen LogP contribution in [0.25, 0.3) is 0 Å². The molecule has 0 spiro atoms. The number of carbonyl (C=O) groups is 2. The number of likely N-dealkylation sites (N-methyl/N-ethyl adjacent to an activating group) is 1. The molecule has 0 saturated carbocycles. The summed E-state index contributed by atoms with van der Waals surface area (Å²) in [7, 11) is 0. The van der Waals surface area contributed by atoms with E-state index in [1.807, 2.05) is 11.8 Å². The first kappa shape index (κ1) is 15.6. The Morgan fingerprint density at radius 1 is 1.22 bits per heavy atom. The number of esters is 1. The van der Waals surface area contributed by atoms with Crippen molar-refractivity contribution in [3.8, 4) is 11.5 Å². The van der Waals surface area contributed by atoms with E-state index in [1.54, 1.807) is 18.2 Å². The molecule has 3 rings (SSSR count). The molecule has 7 nitrogen and oxygen atoms in total. The molecule has 0 aliphatic carbocycles. The van der Waals surface area contributed by atoms with Gasteiger partial charge in [0.2, 0.25) is 5.91 Å². The van der Waals surface area contributed by atoms with E-state index in [-0.39, 0.29) is 18.3 Å². The number of benzene rings is 1. The first-order valence-electron chi connectivity index (χ1n) is 7.77. The van der Waals surface area contributed by atoms with Gasteiger partial charge in [-0.05, 0) is 18.7 Å². The molecule has 2 aliphatic rings. The number of morpholine rings is 1. The molecule has 124 valence electrons. The van der Waals surface area contributed by atoms with Crippen molar-refractivity contribution in [2.75, 3.05) is 38.2 Å². The monoisotopic (exact) mass is 320 g/mol. The number of nitrogens with zero attached hydrogens (tertiary/aromatic N) is 1. The van der Waals surface area contributed by atoms with Gasteiger partial charge in [-0.15, -0.1) is 0 Å². The number of rotatable bonds is 4. The van der Waals surface area contributed by atoms with Crippen molar-refractivity contribution >= 4 is 17.6 Å². The van der Waals surface area contributed by atoms with Crippen LogP contribution in [0.15, 0.2) is 18.2 Å². The molecule has 0 unspecified atom stereocenters. The fourth-order valence-electron chi connectivity index (χ4n) is 2.76. The minimum atomic E-state index is -0.522. The van der Waals surface area contributed by atoms with Crippen LogP contribution in [0.1, 0.15) is 13.3 Å². The van der Waals surface area contributed by atoms with E-state index in [4.69, 9.17) is 14.2 Å². The molecule has 1 saturated heterocycles. The molecule has 1 aromatic carbocycles. The van der Waals surface area contributed by atoms with Gasteiger partial charge in [-0.25, -0.2) is 0 Å². The molecule has 0 radical (unpaired) electrons. The maximum absolute atomic E-state index is 12.2. The Morgan fingerprint density at radius 2 is 2.00 bits per heavy atom. The summed E-state index contributed by atoms with van der Waals surface area (Å²) in [4.78, 5) is 26.1. The number of hydrogen-bond acceptors (Lipinski definition) is 6. The molecular weight excluding hydrogens is 300 g/mol. The van der Waals surface area contributed by atoms with Gasteiger partial charge in [0.25, 0.3) is 0 Å². The first-order valence-corrected chi connectivity index (χ1v) is 7.77. The average molecular weight is 320 g/mol. The zero-order valence-corrected chi connectivity index (χ0v) is 13.0. The van der Waals surface area contributed by atoms with Gasteiger partial charge in [0.15, 0.2) is 11.5 Å². The second kappa shape index (κ2) is 6.87. The maximum atomic E-state index is 12.2. The minimum absolute atomic E-state index is 0.0706. The van der Waals surface area contributed by atoms with E-state index >= 15 is 0 Å². The Kier molecular flexibility index (Phi) is 4.66. The number of carbonyl (C=O) groups excluding carboxylic acids is 2. The van der Waals surface area contributed by atoms with E-state index < -0.39 is 6.04 Å². The molecule has 1 aromatic rings. The number of ether oxygens (including phenoxy) is 3. The summed E-state index contributed by atoms with van der Waals surface area (Å²) < 4.78 is 16.0. The molecule has 2 heterocycles. The van der Waals surface area contributed by atoms with Gasteiger partial charge in [0.1, 0.15) is 25.9 Å². The highest BCUT2D eigenvalue weighted by Gasteiger charge is 2.32. The predicted octanol–water partition coefficient (Wildman–Crippen LogP) is 1.03. The standard InChI is InChI=1S/C16H20N2O5/c1-2-18-5-6-23-16(20)12(18)10-15(19)17-11-3-4-13-14(9-11)22-8-7-21-13/h3-4,9,12H,2,5-8,10H2,1H3,(H,17,19)/t12-/m0/s1. The molecular formula is C16H20N2O5. The molecule has 1 atom stereocenters. The molecule has 1 amide bonds. The molecule has 1 fully saturated rings. The van der Waals surface area contributed by atoms with Gasteiger partial charge in [-0.1, -0.05) is 6.92 Å². The Hall–Kier alpha value is -2.28. The van der Waals surface area contributed by atoms with Crippen molar-refractivity contribution in [1.82, 2.24) is 4.90 Å². The van der Waals surface area contributed by atoms with E-state index in [9.17, 15) is 9.59 Å². The van der Waals surface area contributed by atoms with Crippen molar-refractivity contribution in [2.45, 2.75) is 19.4 Å². The second-order valence-electron chi connectivity index (χ2n) is 5.42. The van der Waals surface area contributed by atoms with E-state index in [0.717, 1.165) is 0 Å². The summed E-state index contributed by atoms with van der Waals surface area (Å²) in [5.74, 6) is 0.711. The third kappa shape index (κ3) is 3.56. The normalized spacial score (nSPS) is 20.7. The lowest BCUT2D eigenvalue weighted by atomic mass is 10.1. The number of hydrogen-bond donors (Lipinski definition) is 1. The topological polar surface area (TPSA) is 77.1 Å². The fourth-order valence-corrected chi connectivity index (χ4v) is 2.76. The largest absolute Gasteiger partial charge is 0.486 e. The Bertz CT molecular complexity index is 604. The van der Waals surface area contributed by atoms with Crippen molar-refractivity contribution in [3.63, 3.8) is 0 Å². The lowest BCUT2D eigenvalue weighted by molar-refractivity contribution is -0.158. The van der Waals surface area contributed by atoms with Crippen molar-refractivity contribution in [3.05, 3.63) is 18.2 Å². The van der Waals surface area contributed by atoms with Crippen molar-refractivity contribution in [1.29, 1.82) is 0 Å². The van der Waals surface area contributed by atoms with Gasteiger partial charge in [-0.3, -0.25) is 14.5 Å². The maximum Gasteiger partial charge on any atom is 0.323 e. The highest BCUT2D eigenvalue weighted by Crippen LogP contribution is 2.32. The van der Waals surface area contributed by atoms with Gasteiger partial charge in [0, 0.05) is 18.3 Å². The summed E-state index contributed by atoms with van der Waals surface area (Å²) in [6.07, 6.45) is 0.0706. The van der Waals surface area contributed by atoms with Crippen molar-refractivity contribution in [2.24, 2.45) is 0 Å². The van der Waals surface area contributed by atoms with Crippen LogP contribution in [-0.2, 0) is 14.3 Å². The number of cyclic esters (lactones) is 1. The third-order valence-corrected chi connectivity index (χ3v) is 3.95. The summed E-state index contributed by atoms with van der Waals surface area (Å²) in [5, 5.41) is 2.80. The summed E-state index contributed by atoms with van der Waals surface area (Å²) in [6.45, 7) is 4.72. The highest BCUT2D eigenvalue weighted by molar-refractivity contribution is 5.94. The highest BCUT2D eigenvalue weighted by atomic mass is 16.6. The molecule has 23 heavy (non-hydrogen) atoms. The van der Waals surface area contributed by atoms with Crippen LogP contribution in [-0.4, -0.2) is 55.7 Å². The second-order valence-corrected chi connectivity index (χ2v) is 5.42. The molecule has 1 N–H and O–H groups in total. The van der Waals surface area contributed by atoms with Crippen LogP contribution in [0.5, 0.6) is 11.5 Å². The number of amides is 1. The van der Waals surface area contributed by atoms with E-state index in [2.05, 4.69) is 5.32 Å². The van der Waals surface area contributed by atoms with Crippen LogP contribution < -0.4 is 14.8 Å². The van der Waals surface area contributed by atoms with E-state index in [0.29, 0.717) is 50.1 Å². The number of fused-ring (bicyclic) bond motifs is 1. The molecule has 0 bridgehead atoms. The fraction of sp³-hybridized carbons (Fsp3) is 0.500. The quantitative estimate of drug-likeness (QED) is 0.835. The minimum Gasteiger partial charge on any atom is -0.486 e. The van der Waals surface area contributed by atoms with Crippen molar-refractivity contribution < 1.29 is 23.8 Å². The SMILES string of the molecule is CCN1CCOC(=O)[C@@H]1CC(=O)Nc1ccc2c(c1)OCCO2. The van der Waals surface area contributed by atoms with Gasteiger partial charge in [-0.2, -0.15) is 0 Å². The van der Waals surface area contributed by atoms with Crippen LogP contribution in [0.2, 0.25) is 0 Å². The third-order valence-electron chi connectivity index (χ3n) is 3.95. The zero-order valence-electron chi connectivity index (χ0n) is 13.0. The summed E-state index contributed by atoms with van der Waals surface area (Å²) in [6, 6.07) is 4.72. The lowest BCUT2D eigenvalue weighted by Gasteiger charge is -2.32. The lowest BCUT2D eigenvalue weighted by Crippen LogP contribution is -2.50. The molecule has 2 aliphatic heterocycles. The van der Waals surface area contributed by atoms with Gasteiger partial charge in [0.05, 0.1) is 6.42 Å². The average Bonchev–Trinajstić information content (AvgIpc) is 2.56.